The maximum atomic E-state index is 12.8. The first-order valence-electron chi connectivity index (χ1n) is 12.5. The highest BCUT2D eigenvalue weighted by Crippen LogP contribution is 2.38. The number of ketones is 1. The van der Waals surface area contributed by atoms with Gasteiger partial charge in [0, 0.05) is 23.1 Å². The first kappa shape index (κ1) is 28.2. The first-order valence-corrected chi connectivity index (χ1v) is 15.5. The monoisotopic (exact) mass is 624 g/mol. The topological polar surface area (TPSA) is 97.2 Å². The van der Waals surface area contributed by atoms with E-state index in [9.17, 15) is 30.9 Å². The number of nitrogens with zero attached hydrogens (tertiary/aromatic N) is 2. The molecule has 0 saturated carbocycles. The van der Waals surface area contributed by atoms with Crippen LogP contribution >= 0.6 is 22.7 Å². The zero-order valence-electron chi connectivity index (χ0n) is 21.6. The van der Waals surface area contributed by atoms with E-state index in [4.69, 9.17) is 4.98 Å². The highest BCUT2D eigenvalue weighted by atomic mass is 32.2. The maximum absolute atomic E-state index is 12.8. The minimum absolute atomic E-state index is 0.0514. The molecule has 12 heteroatoms. The first-order chi connectivity index (χ1) is 19.9. The van der Waals surface area contributed by atoms with Crippen LogP contribution in [0, 0.1) is 6.92 Å². The van der Waals surface area contributed by atoms with Crippen molar-refractivity contribution in [3.63, 3.8) is 0 Å². The molecule has 0 aliphatic rings. The Balaban J connectivity index is 1.23. The van der Waals surface area contributed by atoms with Crippen molar-refractivity contribution in [3.05, 3.63) is 101 Å². The van der Waals surface area contributed by atoms with E-state index in [1.54, 1.807) is 31.2 Å². The number of hydrogen-bond donors (Lipinski definition) is 1. The summed E-state index contributed by atoms with van der Waals surface area (Å²) in [4.78, 5) is 21.8. The lowest BCUT2D eigenvalue weighted by atomic mass is 10.0. The van der Waals surface area contributed by atoms with E-state index in [1.807, 2.05) is 30.3 Å². The van der Waals surface area contributed by atoms with Gasteiger partial charge in [-0.1, -0.05) is 42.5 Å². The van der Waals surface area contributed by atoms with E-state index in [-0.39, 0.29) is 22.7 Å². The number of aryl methyl sites for hydroxylation is 1. The molecule has 212 valence electrons. The van der Waals surface area contributed by atoms with Crippen LogP contribution in [0.25, 0.3) is 41.6 Å². The molecule has 0 radical (unpaired) electrons. The summed E-state index contributed by atoms with van der Waals surface area (Å²) in [5.41, 5.74) is 3.47. The third-order valence-corrected chi connectivity index (χ3v) is 10.1. The molecular weight excluding hydrogens is 606 g/mol. The molecule has 0 atom stereocenters. The van der Waals surface area contributed by atoms with E-state index in [1.165, 1.54) is 34.8 Å². The number of thiazole rings is 2. The Morgan fingerprint density at radius 2 is 1.45 bits per heavy atom. The largest absolute Gasteiger partial charge is 0.416 e. The molecule has 0 unspecified atom stereocenters. The summed E-state index contributed by atoms with van der Waals surface area (Å²) in [6.45, 7) is 1.62. The standard InChI is InChI=1S/C30H19F3N2O4S3/c1-16-2-12-23-26(27(16)42(37,38)39)41-29(35-23)20-9-13-22-25(15-20)40-28(34-22)19-5-3-17(4-6-19)14-24(36)18-7-10-21(11-8-18)30(31,32)33/h2-13,15H,14H2,1H3,(H,37,38,39). The van der Waals surface area contributed by atoms with Crippen LogP contribution in [0.4, 0.5) is 13.2 Å². The summed E-state index contributed by atoms with van der Waals surface area (Å²) in [6, 6.07) is 20.5. The SMILES string of the molecule is Cc1ccc2nc(-c3ccc4nc(-c5ccc(CC(=O)c6ccc(C(F)(F)F)cc6)cc5)sc4c3)sc2c1S(=O)(=O)O. The van der Waals surface area contributed by atoms with E-state index in [0.717, 1.165) is 44.0 Å². The minimum Gasteiger partial charge on any atom is -0.294 e. The van der Waals surface area contributed by atoms with Crippen molar-refractivity contribution in [2.24, 2.45) is 0 Å². The molecule has 0 aliphatic heterocycles. The minimum atomic E-state index is -4.45. The van der Waals surface area contributed by atoms with Crippen LogP contribution in [0.3, 0.4) is 0 Å². The smallest absolute Gasteiger partial charge is 0.294 e. The Kier molecular flexibility index (Phi) is 6.97. The maximum Gasteiger partial charge on any atom is 0.416 e. The number of hydrogen-bond acceptors (Lipinski definition) is 7. The van der Waals surface area contributed by atoms with Gasteiger partial charge in [-0.2, -0.15) is 21.6 Å². The summed E-state index contributed by atoms with van der Waals surface area (Å²) in [6.07, 6.45) is -4.40. The van der Waals surface area contributed by atoms with Gasteiger partial charge in [0.2, 0.25) is 0 Å². The van der Waals surface area contributed by atoms with Crippen molar-refractivity contribution in [3.8, 4) is 21.1 Å². The van der Waals surface area contributed by atoms with E-state index < -0.39 is 21.9 Å². The summed E-state index contributed by atoms with van der Waals surface area (Å²) in [5.74, 6) is -0.280. The zero-order valence-corrected chi connectivity index (χ0v) is 24.1. The highest BCUT2D eigenvalue weighted by Gasteiger charge is 2.30. The molecule has 42 heavy (non-hydrogen) atoms. The lowest BCUT2D eigenvalue weighted by Gasteiger charge is -2.07. The molecule has 4 aromatic carbocycles. The molecule has 0 spiro atoms. The van der Waals surface area contributed by atoms with Gasteiger partial charge < -0.3 is 0 Å². The number of halogens is 3. The van der Waals surface area contributed by atoms with Gasteiger partial charge in [-0.15, -0.1) is 22.7 Å². The molecule has 0 bridgehead atoms. The third-order valence-electron chi connectivity index (χ3n) is 6.70. The van der Waals surface area contributed by atoms with Crippen LogP contribution in [0.1, 0.15) is 27.0 Å². The Hall–Kier alpha value is -3.97. The Morgan fingerprint density at radius 1 is 0.833 bits per heavy atom. The Labute approximate surface area is 245 Å². The fourth-order valence-electron chi connectivity index (χ4n) is 4.59. The quantitative estimate of drug-likeness (QED) is 0.148. The van der Waals surface area contributed by atoms with Gasteiger partial charge in [-0.25, -0.2) is 9.97 Å². The van der Waals surface area contributed by atoms with Crippen molar-refractivity contribution in [1.29, 1.82) is 0 Å². The van der Waals surface area contributed by atoms with Crippen molar-refractivity contribution in [2.75, 3.05) is 0 Å². The second-order valence-corrected chi connectivity index (χ2v) is 13.0. The van der Waals surface area contributed by atoms with Gasteiger partial charge in [-0.05, 0) is 54.4 Å². The highest BCUT2D eigenvalue weighted by molar-refractivity contribution is 7.86. The number of fused-ring (bicyclic) bond motifs is 2. The van der Waals surface area contributed by atoms with Crippen molar-refractivity contribution < 1.29 is 30.9 Å². The molecule has 2 heterocycles. The third kappa shape index (κ3) is 5.45. The van der Waals surface area contributed by atoms with Crippen LogP contribution in [0.5, 0.6) is 0 Å². The van der Waals surface area contributed by atoms with E-state index in [0.29, 0.717) is 20.8 Å². The Morgan fingerprint density at radius 3 is 2.12 bits per heavy atom. The van der Waals surface area contributed by atoms with Crippen LogP contribution in [0.2, 0.25) is 0 Å². The summed E-state index contributed by atoms with van der Waals surface area (Å²) in [5, 5.41) is 1.37. The average Bonchev–Trinajstić information content (AvgIpc) is 3.56. The summed E-state index contributed by atoms with van der Waals surface area (Å²) >= 11 is 2.66. The number of aromatic nitrogens is 2. The molecule has 6 rings (SSSR count). The van der Waals surface area contributed by atoms with Gasteiger partial charge in [0.1, 0.15) is 14.9 Å². The molecule has 6 nitrogen and oxygen atoms in total. The van der Waals surface area contributed by atoms with E-state index >= 15 is 0 Å². The molecular formula is C30H19F3N2O4S3. The number of carbonyl (C=O) groups is 1. The molecule has 1 N–H and O–H groups in total. The Bertz CT molecular complexity index is 2100. The fourth-order valence-corrected chi connectivity index (χ4v) is 7.91. The van der Waals surface area contributed by atoms with Crippen molar-refractivity contribution in [1.82, 2.24) is 9.97 Å². The van der Waals surface area contributed by atoms with Crippen LogP contribution in [0.15, 0.2) is 83.8 Å². The van der Waals surface area contributed by atoms with Gasteiger partial charge in [-0.3, -0.25) is 9.35 Å². The van der Waals surface area contributed by atoms with Gasteiger partial charge in [0.15, 0.2) is 5.78 Å². The summed E-state index contributed by atoms with van der Waals surface area (Å²) < 4.78 is 73.4. The second-order valence-electron chi connectivity index (χ2n) is 9.63. The zero-order chi connectivity index (χ0) is 29.8. The second kappa shape index (κ2) is 10.4. The average molecular weight is 625 g/mol. The molecule has 0 amide bonds. The van der Waals surface area contributed by atoms with Crippen LogP contribution in [-0.4, -0.2) is 28.7 Å². The van der Waals surface area contributed by atoms with Crippen LogP contribution < -0.4 is 0 Å². The van der Waals surface area contributed by atoms with E-state index in [2.05, 4.69) is 4.98 Å². The number of Topliss-reactive ketones (excluding diaryl/α,β-unsaturated/α-hetero) is 1. The number of alkyl halides is 3. The molecule has 0 fully saturated rings. The van der Waals surface area contributed by atoms with Crippen LogP contribution in [-0.2, 0) is 22.7 Å². The van der Waals surface area contributed by atoms with Gasteiger partial charge >= 0.3 is 6.18 Å². The number of carbonyl (C=O) groups excluding carboxylic acids is 1. The molecule has 6 aromatic rings. The number of benzene rings is 4. The summed E-state index contributed by atoms with van der Waals surface area (Å²) in [7, 11) is -4.42. The lowest BCUT2D eigenvalue weighted by Crippen LogP contribution is -2.07. The van der Waals surface area contributed by atoms with Gasteiger partial charge in [0.25, 0.3) is 10.1 Å². The van der Waals surface area contributed by atoms with Crippen molar-refractivity contribution >= 4 is 59.0 Å². The molecule has 2 aromatic heterocycles. The van der Waals surface area contributed by atoms with Gasteiger partial charge in [0.05, 0.1) is 26.0 Å². The van der Waals surface area contributed by atoms with Crippen molar-refractivity contribution in [2.45, 2.75) is 24.4 Å². The normalized spacial score (nSPS) is 12.3. The fraction of sp³-hybridized carbons (Fsp3) is 0.100. The molecule has 0 saturated heterocycles. The molecule has 0 aliphatic carbocycles. The predicted octanol–water partition coefficient (Wildman–Crippen LogP) is 8.24. The predicted molar refractivity (Wildman–Crippen MR) is 158 cm³/mol. The lowest BCUT2D eigenvalue weighted by molar-refractivity contribution is -0.137. The number of rotatable bonds is 6.